The van der Waals surface area contributed by atoms with Crippen LogP contribution in [0.3, 0.4) is 0 Å². The lowest BCUT2D eigenvalue weighted by molar-refractivity contribution is 0.0556. The van der Waals surface area contributed by atoms with Crippen LogP contribution in [-0.4, -0.2) is 26.3 Å². The Morgan fingerprint density at radius 1 is 1.27 bits per heavy atom. The van der Waals surface area contributed by atoms with E-state index >= 15 is 0 Å². The number of hydrogen-bond acceptors (Lipinski definition) is 4. The molecule has 0 aliphatic rings. The van der Waals surface area contributed by atoms with Crippen LogP contribution in [0.15, 0.2) is 39.9 Å². The maximum atomic E-state index is 11.9. The number of ether oxygens (including phenoxy) is 3. The number of allylic oxidation sites excluding steroid dienone is 3. The van der Waals surface area contributed by atoms with Crippen LogP contribution in [0.4, 0.5) is 0 Å². The first-order valence-corrected chi connectivity index (χ1v) is 9.08. The molecule has 0 bridgehead atoms. The van der Waals surface area contributed by atoms with Gasteiger partial charge in [0.15, 0.2) is 18.1 Å². The summed E-state index contributed by atoms with van der Waals surface area (Å²) in [6.07, 6.45) is 11.2. The first kappa shape index (κ1) is 21.9. The quantitative estimate of drug-likeness (QED) is 0.308. The van der Waals surface area contributed by atoms with Gasteiger partial charge in [-0.2, -0.15) is 0 Å². The van der Waals surface area contributed by atoms with E-state index in [1.807, 2.05) is 6.08 Å². The van der Waals surface area contributed by atoms with Crippen molar-refractivity contribution in [2.24, 2.45) is 0 Å². The number of rotatable bonds is 9. The second kappa shape index (κ2) is 11.4. The fraction of sp³-hybridized carbons (Fsp3) is 0.381. The van der Waals surface area contributed by atoms with Crippen LogP contribution >= 0.6 is 15.9 Å². The SMILES string of the molecule is C#CCOC(=O)c1cc(Br)c(OC/C=C/CCC(C)=C(C)C)c(OC)c1. The van der Waals surface area contributed by atoms with Crippen molar-refractivity contribution >= 4 is 21.9 Å². The van der Waals surface area contributed by atoms with Crippen molar-refractivity contribution in [3.63, 3.8) is 0 Å². The molecule has 0 N–H and O–H groups in total. The van der Waals surface area contributed by atoms with Gasteiger partial charge < -0.3 is 14.2 Å². The molecule has 0 saturated carbocycles. The summed E-state index contributed by atoms with van der Waals surface area (Å²) in [5.74, 6) is 2.73. The van der Waals surface area contributed by atoms with Crippen LogP contribution in [0, 0.1) is 12.3 Å². The summed E-state index contributed by atoms with van der Waals surface area (Å²) in [6.45, 7) is 6.73. The van der Waals surface area contributed by atoms with Crippen molar-refractivity contribution in [2.45, 2.75) is 33.6 Å². The highest BCUT2D eigenvalue weighted by atomic mass is 79.9. The van der Waals surface area contributed by atoms with Crippen LogP contribution in [-0.2, 0) is 4.74 Å². The van der Waals surface area contributed by atoms with Gasteiger partial charge in [0.05, 0.1) is 17.1 Å². The van der Waals surface area contributed by atoms with Crippen molar-refractivity contribution in [1.82, 2.24) is 0 Å². The minimum absolute atomic E-state index is 0.0754. The van der Waals surface area contributed by atoms with Crippen LogP contribution in [0.5, 0.6) is 11.5 Å². The van der Waals surface area contributed by atoms with E-state index in [1.54, 1.807) is 12.1 Å². The van der Waals surface area contributed by atoms with Crippen LogP contribution < -0.4 is 9.47 Å². The van der Waals surface area contributed by atoms with Gasteiger partial charge >= 0.3 is 5.97 Å². The monoisotopic (exact) mass is 420 g/mol. The van der Waals surface area contributed by atoms with E-state index in [9.17, 15) is 4.79 Å². The van der Waals surface area contributed by atoms with Gasteiger partial charge in [0.2, 0.25) is 0 Å². The number of terminal acetylenes is 1. The highest BCUT2D eigenvalue weighted by Crippen LogP contribution is 2.36. The van der Waals surface area contributed by atoms with Gasteiger partial charge in [0.25, 0.3) is 0 Å². The molecule has 0 aliphatic carbocycles. The predicted molar refractivity (Wildman–Crippen MR) is 108 cm³/mol. The zero-order valence-electron chi connectivity index (χ0n) is 15.7. The number of carbonyl (C=O) groups is 1. The Labute approximate surface area is 164 Å². The van der Waals surface area contributed by atoms with Crippen LogP contribution in [0.25, 0.3) is 0 Å². The number of halogens is 1. The Balaban J connectivity index is 2.71. The molecule has 0 aliphatic heterocycles. The first-order valence-electron chi connectivity index (χ1n) is 8.29. The lowest BCUT2D eigenvalue weighted by atomic mass is 10.1. The second-order valence-corrected chi connectivity index (χ2v) is 6.73. The number of hydrogen-bond donors (Lipinski definition) is 0. The zero-order valence-corrected chi connectivity index (χ0v) is 17.3. The summed E-state index contributed by atoms with van der Waals surface area (Å²) >= 11 is 3.41. The molecular formula is C21H25BrO4. The van der Waals surface area contributed by atoms with Crippen molar-refractivity contribution in [2.75, 3.05) is 20.3 Å². The van der Waals surface area contributed by atoms with Gasteiger partial charge in [-0.25, -0.2) is 4.79 Å². The van der Waals surface area contributed by atoms with Crippen molar-refractivity contribution < 1.29 is 19.0 Å². The normalized spacial score (nSPS) is 10.3. The third-order valence-corrected chi connectivity index (χ3v) is 4.37. The van der Waals surface area contributed by atoms with E-state index in [0.717, 1.165) is 12.8 Å². The lowest BCUT2D eigenvalue weighted by Gasteiger charge is -2.13. The molecule has 1 aromatic carbocycles. The topological polar surface area (TPSA) is 44.8 Å². The third-order valence-electron chi connectivity index (χ3n) is 3.78. The number of benzene rings is 1. The Bertz CT molecular complexity index is 722. The molecular weight excluding hydrogens is 396 g/mol. The second-order valence-electron chi connectivity index (χ2n) is 5.87. The average Bonchev–Trinajstić information content (AvgIpc) is 2.62. The Morgan fingerprint density at radius 2 is 2.00 bits per heavy atom. The molecule has 4 nitrogen and oxygen atoms in total. The third kappa shape index (κ3) is 6.97. The highest BCUT2D eigenvalue weighted by molar-refractivity contribution is 9.10. The zero-order chi connectivity index (χ0) is 19.5. The minimum atomic E-state index is -0.511. The number of methoxy groups -OCH3 is 1. The van der Waals surface area contributed by atoms with Gasteiger partial charge in [0, 0.05) is 0 Å². The van der Waals surface area contributed by atoms with Gasteiger partial charge in [-0.15, -0.1) is 6.42 Å². The predicted octanol–water partition coefficient (Wildman–Crippen LogP) is 5.32. The first-order chi connectivity index (χ1) is 12.4. The molecule has 0 saturated heterocycles. The summed E-state index contributed by atoms with van der Waals surface area (Å²) in [5, 5.41) is 0. The lowest BCUT2D eigenvalue weighted by Crippen LogP contribution is -2.07. The number of carbonyl (C=O) groups excluding carboxylic acids is 1. The molecule has 0 radical (unpaired) electrons. The van der Waals surface area contributed by atoms with E-state index < -0.39 is 5.97 Å². The van der Waals surface area contributed by atoms with Gasteiger partial charge in [0.1, 0.15) is 6.61 Å². The molecule has 26 heavy (non-hydrogen) atoms. The van der Waals surface area contributed by atoms with E-state index in [4.69, 9.17) is 20.6 Å². The summed E-state index contributed by atoms with van der Waals surface area (Å²) in [4.78, 5) is 11.9. The summed E-state index contributed by atoms with van der Waals surface area (Å²) in [5.41, 5.74) is 3.11. The molecule has 5 heteroatoms. The van der Waals surface area contributed by atoms with Crippen molar-refractivity contribution in [3.8, 4) is 23.8 Å². The molecule has 0 fully saturated rings. The molecule has 1 aromatic rings. The molecule has 1 rings (SSSR count). The van der Waals surface area contributed by atoms with E-state index in [0.29, 0.717) is 28.1 Å². The molecule has 140 valence electrons. The van der Waals surface area contributed by atoms with E-state index in [-0.39, 0.29) is 6.61 Å². The Morgan fingerprint density at radius 3 is 2.62 bits per heavy atom. The highest BCUT2D eigenvalue weighted by Gasteiger charge is 2.16. The maximum Gasteiger partial charge on any atom is 0.339 e. The average molecular weight is 421 g/mol. The molecule has 0 unspecified atom stereocenters. The Kier molecular flexibility index (Phi) is 9.61. The largest absolute Gasteiger partial charge is 0.493 e. The summed E-state index contributed by atoms with van der Waals surface area (Å²) in [7, 11) is 1.52. The van der Waals surface area contributed by atoms with Gasteiger partial charge in [-0.3, -0.25) is 0 Å². The summed E-state index contributed by atoms with van der Waals surface area (Å²) < 4.78 is 16.6. The van der Waals surface area contributed by atoms with Gasteiger partial charge in [-0.05, 0) is 61.7 Å². The molecule has 0 aromatic heterocycles. The fourth-order valence-corrected chi connectivity index (χ4v) is 2.59. The molecule has 0 atom stereocenters. The van der Waals surface area contributed by atoms with Crippen molar-refractivity contribution in [3.05, 3.63) is 45.5 Å². The van der Waals surface area contributed by atoms with E-state index in [1.165, 1.54) is 18.3 Å². The molecule has 0 heterocycles. The minimum Gasteiger partial charge on any atom is -0.493 e. The number of esters is 1. The smallest absolute Gasteiger partial charge is 0.339 e. The van der Waals surface area contributed by atoms with Crippen molar-refractivity contribution in [1.29, 1.82) is 0 Å². The Hall–Kier alpha value is -2.19. The maximum absolute atomic E-state index is 11.9. The fourth-order valence-electron chi connectivity index (χ4n) is 2.04. The molecule has 0 amide bonds. The summed E-state index contributed by atoms with van der Waals surface area (Å²) in [6, 6.07) is 3.19. The molecule has 0 spiro atoms. The standard InChI is InChI=1S/C21H25BrO4/c1-6-11-26-21(23)17-13-18(22)20(19(14-17)24-5)25-12-9-7-8-10-16(4)15(2)3/h1,7,9,13-14H,8,10-12H2,2-5H3/b9-7+. The van der Waals surface area contributed by atoms with Crippen LogP contribution in [0.2, 0.25) is 0 Å². The van der Waals surface area contributed by atoms with E-state index in [2.05, 4.69) is 48.7 Å². The van der Waals surface area contributed by atoms with Crippen LogP contribution in [0.1, 0.15) is 44.0 Å². The van der Waals surface area contributed by atoms with Gasteiger partial charge in [-0.1, -0.05) is 29.2 Å².